The van der Waals surface area contributed by atoms with Gasteiger partial charge in [-0.05, 0) is 49.9 Å². The maximum absolute atomic E-state index is 13.3. The second-order valence-electron chi connectivity index (χ2n) is 12.3. The molecule has 2 saturated heterocycles. The number of pyridine rings is 2. The topological polar surface area (TPSA) is 103 Å². The standard InChI is InChI=1S/C34H30Cl4N8O3P/c35-25-7-5-23-27(45-13-9-39-19-45)15-29(41-33(23)31(25)37)43-11-1-3-21(17-43)48-50(47)49-22-4-2-12-44(18-22)30-16-28(46-14-10-40-20-46)24-6-8-26(36)32(38)34(24)42-30/h5-10,13-16,19-22H,1-4,11-12,17-18H2/q+1. The molecule has 0 amide bonds. The van der Waals surface area contributed by atoms with E-state index in [4.69, 9.17) is 65.4 Å². The molecule has 2 atom stereocenters. The molecule has 2 aliphatic rings. The predicted octanol–water partition coefficient (Wildman–Crippen LogP) is 9.10. The minimum absolute atomic E-state index is 0.317. The van der Waals surface area contributed by atoms with Crippen LogP contribution >= 0.6 is 54.7 Å². The molecule has 2 fully saturated rings. The first-order chi connectivity index (χ1) is 24.3. The number of hydrogen-bond donors (Lipinski definition) is 0. The highest BCUT2D eigenvalue weighted by Gasteiger charge is 2.37. The van der Waals surface area contributed by atoms with E-state index in [0.717, 1.165) is 72.6 Å². The maximum Gasteiger partial charge on any atom is 0.698 e. The molecule has 8 rings (SSSR count). The van der Waals surface area contributed by atoms with Crippen LogP contribution in [0.25, 0.3) is 33.2 Å². The highest BCUT2D eigenvalue weighted by Crippen LogP contribution is 2.39. The van der Waals surface area contributed by atoms with Crippen LogP contribution in [-0.2, 0) is 13.6 Å². The van der Waals surface area contributed by atoms with Gasteiger partial charge in [-0.15, -0.1) is 9.05 Å². The summed E-state index contributed by atoms with van der Waals surface area (Å²) >= 11 is 26.0. The zero-order chi connectivity index (χ0) is 34.4. The number of nitrogens with zero attached hydrogens (tertiary/aromatic N) is 8. The molecular weight excluding hydrogens is 741 g/mol. The Bertz CT molecular complexity index is 2050. The van der Waals surface area contributed by atoms with E-state index < -0.39 is 8.25 Å². The molecule has 0 radical (unpaired) electrons. The zero-order valence-electron chi connectivity index (χ0n) is 26.5. The van der Waals surface area contributed by atoms with Crippen molar-refractivity contribution in [3.63, 3.8) is 0 Å². The molecular formula is C34H30Cl4N8O3P+. The van der Waals surface area contributed by atoms with E-state index in [2.05, 4.69) is 19.8 Å². The molecule has 6 heterocycles. The third kappa shape index (κ3) is 6.64. The Morgan fingerprint density at radius 2 is 1.14 bits per heavy atom. The number of hydrogen-bond acceptors (Lipinski definition) is 9. The largest absolute Gasteiger partial charge is 0.698 e. The third-order valence-corrected chi connectivity index (χ3v) is 11.6. The number of imidazole rings is 2. The molecule has 0 bridgehead atoms. The average molecular weight is 771 g/mol. The molecule has 2 aliphatic heterocycles. The first kappa shape index (κ1) is 33.6. The van der Waals surface area contributed by atoms with E-state index in [-0.39, 0.29) is 12.2 Å². The summed E-state index contributed by atoms with van der Waals surface area (Å²) in [5.74, 6) is 1.44. The van der Waals surface area contributed by atoms with Gasteiger partial charge in [0.05, 0.1) is 68.2 Å². The van der Waals surface area contributed by atoms with Crippen molar-refractivity contribution in [2.24, 2.45) is 0 Å². The molecule has 16 heteroatoms. The Balaban J connectivity index is 0.974. The predicted molar refractivity (Wildman–Crippen MR) is 198 cm³/mol. The molecule has 4 aromatic heterocycles. The van der Waals surface area contributed by atoms with Gasteiger partial charge >= 0.3 is 8.25 Å². The molecule has 2 unspecified atom stereocenters. The van der Waals surface area contributed by atoms with Gasteiger partial charge in [0.15, 0.2) is 0 Å². The summed E-state index contributed by atoms with van der Waals surface area (Å²) in [6, 6.07) is 11.4. The van der Waals surface area contributed by atoms with Crippen molar-refractivity contribution in [2.75, 3.05) is 36.0 Å². The Labute approximate surface area is 308 Å². The second-order valence-corrected chi connectivity index (χ2v) is 14.7. The number of fused-ring (bicyclic) bond motifs is 2. The Kier molecular flexibility index (Phi) is 9.56. The van der Waals surface area contributed by atoms with Crippen molar-refractivity contribution >= 4 is 88.1 Å². The minimum Gasteiger partial charge on any atom is -0.354 e. The van der Waals surface area contributed by atoms with E-state index in [9.17, 15) is 4.57 Å². The highest BCUT2D eigenvalue weighted by molar-refractivity contribution is 7.33. The van der Waals surface area contributed by atoms with E-state index in [1.165, 1.54) is 0 Å². The monoisotopic (exact) mass is 769 g/mol. The Morgan fingerprint density at radius 1 is 0.680 bits per heavy atom. The van der Waals surface area contributed by atoms with Gasteiger partial charge in [-0.25, -0.2) is 19.9 Å². The molecule has 0 N–H and O–H groups in total. The van der Waals surface area contributed by atoms with Crippen molar-refractivity contribution in [2.45, 2.75) is 37.9 Å². The molecule has 0 aliphatic carbocycles. The Hall–Kier alpha value is -3.54. The van der Waals surface area contributed by atoms with E-state index in [1.807, 2.05) is 45.8 Å². The van der Waals surface area contributed by atoms with E-state index >= 15 is 0 Å². The average Bonchev–Trinajstić information content (AvgIpc) is 3.87. The summed E-state index contributed by atoms with van der Waals surface area (Å²) in [5.41, 5.74) is 2.96. The van der Waals surface area contributed by atoms with Crippen molar-refractivity contribution in [3.8, 4) is 11.4 Å². The fourth-order valence-corrected chi connectivity index (χ4v) is 8.29. The first-order valence-corrected chi connectivity index (χ1v) is 18.8. The van der Waals surface area contributed by atoms with E-state index in [0.29, 0.717) is 44.2 Å². The second kappa shape index (κ2) is 14.2. The number of benzene rings is 2. The van der Waals surface area contributed by atoms with Gasteiger partial charge in [-0.3, -0.25) is 0 Å². The van der Waals surface area contributed by atoms with Gasteiger partial charge in [0.25, 0.3) is 0 Å². The zero-order valence-corrected chi connectivity index (χ0v) is 30.4. The van der Waals surface area contributed by atoms with Crippen molar-refractivity contribution < 1.29 is 13.6 Å². The van der Waals surface area contributed by atoms with Crippen LogP contribution in [-0.4, -0.2) is 67.5 Å². The minimum atomic E-state index is -2.40. The van der Waals surface area contributed by atoms with Gasteiger partial charge in [0.2, 0.25) is 0 Å². The molecule has 6 aromatic rings. The fraction of sp³-hybridized carbons (Fsp3) is 0.294. The molecule has 50 heavy (non-hydrogen) atoms. The van der Waals surface area contributed by atoms with Gasteiger partial charge in [-0.1, -0.05) is 46.4 Å². The van der Waals surface area contributed by atoms with Crippen LogP contribution in [0, 0.1) is 0 Å². The van der Waals surface area contributed by atoms with Crippen LogP contribution in [0.4, 0.5) is 11.6 Å². The summed E-state index contributed by atoms with van der Waals surface area (Å²) in [6.07, 6.45) is 13.2. The van der Waals surface area contributed by atoms with Crippen molar-refractivity contribution in [1.82, 2.24) is 29.1 Å². The van der Waals surface area contributed by atoms with Crippen LogP contribution in [0.5, 0.6) is 0 Å². The van der Waals surface area contributed by atoms with Gasteiger partial charge in [0, 0.05) is 65.3 Å². The smallest absolute Gasteiger partial charge is 0.354 e. The lowest BCUT2D eigenvalue weighted by Gasteiger charge is -2.32. The van der Waals surface area contributed by atoms with Crippen molar-refractivity contribution in [1.29, 1.82) is 0 Å². The lowest BCUT2D eigenvalue weighted by molar-refractivity contribution is 0.112. The first-order valence-electron chi connectivity index (χ1n) is 16.2. The molecule has 256 valence electrons. The number of anilines is 2. The summed E-state index contributed by atoms with van der Waals surface area (Å²) in [6.45, 7) is 2.49. The molecule has 11 nitrogen and oxygen atoms in total. The third-order valence-electron chi connectivity index (χ3n) is 9.11. The van der Waals surface area contributed by atoms with Crippen molar-refractivity contribution in [3.05, 3.63) is 93.9 Å². The van der Waals surface area contributed by atoms with Gasteiger partial charge in [0.1, 0.15) is 23.8 Å². The lowest BCUT2D eigenvalue weighted by atomic mass is 10.1. The number of piperidine rings is 2. The summed E-state index contributed by atoms with van der Waals surface area (Å²) in [7, 11) is -2.40. The fourth-order valence-electron chi connectivity index (χ4n) is 6.69. The van der Waals surface area contributed by atoms with Crippen LogP contribution in [0.3, 0.4) is 0 Å². The quantitative estimate of drug-likeness (QED) is 0.140. The number of halogens is 4. The molecule has 0 saturated carbocycles. The lowest BCUT2D eigenvalue weighted by Crippen LogP contribution is -2.40. The van der Waals surface area contributed by atoms with Crippen LogP contribution in [0.2, 0.25) is 20.1 Å². The summed E-state index contributed by atoms with van der Waals surface area (Å²) < 4.78 is 29.3. The van der Waals surface area contributed by atoms with Gasteiger partial charge < -0.3 is 18.9 Å². The summed E-state index contributed by atoms with van der Waals surface area (Å²) in [4.78, 5) is 22.5. The number of aromatic nitrogens is 6. The number of rotatable bonds is 8. The maximum atomic E-state index is 13.3. The normalized spacial score (nSPS) is 18.7. The summed E-state index contributed by atoms with van der Waals surface area (Å²) in [5, 5.41) is 3.34. The van der Waals surface area contributed by atoms with Crippen LogP contribution < -0.4 is 9.80 Å². The van der Waals surface area contributed by atoms with E-state index in [1.54, 1.807) is 37.2 Å². The van der Waals surface area contributed by atoms with Crippen LogP contribution in [0.15, 0.2) is 73.8 Å². The van der Waals surface area contributed by atoms with Crippen LogP contribution in [0.1, 0.15) is 25.7 Å². The Morgan fingerprint density at radius 3 is 1.56 bits per heavy atom. The molecule has 0 spiro atoms. The van der Waals surface area contributed by atoms with Gasteiger partial charge in [-0.2, -0.15) is 0 Å². The SMILES string of the molecule is O=[P+](OC1CCCN(c2cc(-n3ccnc3)c3ccc(Cl)c(Cl)c3n2)C1)OC1CCCN(c2cc(-n3ccnc3)c3ccc(Cl)c(Cl)c3n2)C1. The highest BCUT2D eigenvalue weighted by atomic mass is 35.5. The molecule has 2 aromatic carbocycles.